The van der Waals surface area contributed by atoms with Gasteiger partial charge in [-0.15, -0.1) is 0 Å². The molecule has 2 heterocycles. The van der Waals surface area contributed by atoms with Gasteiger partial charge >= 0.3 is 0 Å². The summed E-state index contributed by atoms with van der Waals surface area (Å²) in [5.74, 6) is 0. The number of allylic oxidation sites excluding steroid dienone is 2. The van der Waals surface area contributed by atoms with E-state index in [4.69, 9.17) is 11.6 Å². The fraction of sp³-hybridized carbons (Fsp3) is 0.258. The van der Waals surface area contributed by atoms with Crippen LogP contribution in [0.5, 0.6) is 0 Å². The number of anilines is 1. The van der Waals surface area contributed by atoms with Gasteiger partial charge in [0, 0.05) is 35.0 Å². The van der Waals surface area contributed by atoms with Crippen molar-refractivity contribution in [3.63, 3.8) is 0 Å². The van der Waals surface area contributed by atoms with Crippen LogP contribution in [0, 0.1) is 0 Å². The largest absolute Gasteiger partial charge is 0.335 e. The molecule has 0 amide bonds. The predicted molar refractivity (Wildman–Crippen MR) is 170 cm³/mol. The Hall–Kier alpha value is -2.62. The summed E-state index contributed by atoms with van der Waals surface area (Å²) in [6, 6.07) is 22.7. The van der Waals surface area contributed by atoms with E-state index in [0.717, 1.165) is 55.1 Å². The normalized spacial score (nSPS) is 15.7. The lowest BCUT2D eigenvalue weighted by atomic mass is 10.1. The molecule has 9 heteroatoms. The lowest BCUT2D eigenvalue weighted by molar-refractivity contribution is -0.669. The molecule has 0 fully saturated rings. The van der Waals surface area contributed by atoms with Gasteiger partial charge in [-0.25, -0.2) is 0 Å². The van der Waals surface area contributed by atoms with Crippen LogP contribution < -0.4 is 9.47 Å². The van der Waals surface area contributed by atoms with Crippen molar-refractivity contribution in [1.29, 1.82) is 0 Å². The van der Waals surface area contributed by atoms with Gasteiger partial charge in [0.25, 0.3) is 15.1 Å². The summed E-state index contributed by atoms with van der Waals surface area (Å²) in [6.07, 6.45) is 5.60. The number of benzene rings is 3. The topological polar surface area (TPSA) is 61.5 Å². The first-order valence-corrected chi connectivity index (χ1v) is 16.8. The van der Waals surface area contributed by atoms with E-state index in [0.29, 0.717) is 13.0 Å². The Morgan fingerprint density at radius 1 is 1.07 bits per heavy atom. The van der Waals surface area contributed by atoms with Gasteiger partial charge in [0.05, 0.1) is 16.0 Å². The lowest BCUT2D eigenvalue weighted by Gasteiger charge is -2.18. The van der Waals surface area contributed by atoms with Crippen LogP contribution in [0.2, 0.25) is 5.02 Å². The summed E-state index contributed by atoms with van der Waals surface area (Å²) < 4.78 is 36.5. The van der Waals surface area contributed by atoms with Crippen molar-refractivity contribution in [3.8, 4) is 11.1 Å². The molecule has 0 saturated carbocycles. The number of thioether (sulfide) groups is 1. The van der Waals surface area contributed by atoms with Crippen LogP contribution in [0.1, 0.15) is 38.6 Å². The van der Waals surface area contributed by atoms with Crippen molar-refractivity contribution >= 4 is 66.8 Å². The number of rotatable bonds is 9. The van der Waals surface area contributed by atoms with Crippen molar-refractivity contribution in [2.24, 2.45) is 0 Å². The van der Waals surface area contributed by atoms with Crippen molar-refractivity contribution in [3.05, 3.63) is 93.4 Å². The first-order valence-electron chi connectivity index (χ1n) is 13.3. The first-order chi connectivity index (χ1) is 19.2. The molecule has 5 nitrogen and oxygen atoms in total. The molecule has 1 aromatic heterocycles. The SMILES string of the molecule is CCC(=Cc1sc2ccc(-c3ccccc3)cc2[n+]1CCC(C)S(=O)(=O)O)C=C1Sc2ccc(Cl)cc2N1CC. The third-order valence-corrected chi connectivity index (χ3v) is 10.9. The van der Waals surface area contributed by atoms with Crippen LogP contribution >= 0.6 is 34.7 Å². The number of hydrogen-bond acceptors (Lipinski definition) is 5. The van der Waals surface area contributed by atoms with Crippen LogP contribution in [0.4, 0.5) is 5.69 Å². The average molecular weight is 612 g/mol. The monoisotopic (exact) mass is 611 g/mol. The number of halogens is 1. The van der Waals surface area contributed by atoms with Gasteiger partial charge in [-0.1, -0.05) is 78.0 Å². The highest BCUT2D eigenvalue weighted by Gasteiger charge is 2.26. The van der Waals surface area contributed by atoms with E-state index in [1.165, 1.54) is 10.5 Å². The van der Waals surface area contributed by atoms with E-state index in [2.05, 4.69) is 71.9 Å². The molecule has 208 valence electrons. The Morgan fingerprint density at radius 2 is 1.85 bits per heavy atom. The molecule has 1 atom stereocenters. The quantitative estimate of drug-likeness (QED) is 0.152. The van der Waals surface area contributed by atoms with Gasteiger partial charge in [-0.3, -0.25) is 4.55 Å². The van der Waals surface area contributed by atoms with Gasteiger partial charge < -0.3 is 4.90 Å². The average Bonchev–Trinajstić information content (AvgIpc) is 3.46. The molecule has 0 spiro atoms. The highest BCUT2D eigenvalue weighted by molar-refractivity contribution is 8.03. The molecule has 0 bridgehead atoms. The summed E-state index contributed by atoms with van der Waals surface area (Å²) in [6.45, 7) is 7.15. The molecule has 4 aromatic rings. The Bertz CT molecular complexity index is 1710. The molecule has 40 heavy (non-hydrogen) atoms. The van der Waals surface area contributed by atoms with E-state index in [-0.39, 0.29) is 0 Å². The fourth-order valence-electron chi connectivity index (χ4n) is 4.78. The van der Waals surface area contributed by atoms with Gasteiger partial charge in [-0.2, -0.15) is 13.0 Å². The summed E-state index contributed by atoms with van der Waals surface area (Å²) >= 11 is 9.74. The van der Waals surface area contributed by atoms with E-state index in [1.54, 1.807) is 30.0 Å². The zero-order valence-electron chi connectivity index (χ0n) is 22.7. The third-order valence-electron chi connectivity index (χ3n) is 7.14. The van der Waals surface area contributed by atoms with Crippen LogP contribution in [0.15, 0.2) is 88.3 Å². The van der Waals surface area contributed by atoms with Crippen LogP contribution in [-0.4, -0.2) is 24.8 Å². The second-order valence-electron chi connectivity index (χ2n) is 9.77. The second kappa shape index (κ2) is 12.1. The van der Waals surface area contributed by atoms with E-state index < -0.39 is 15.4 Å². The molecule has 1 N–H and O–H groups in total. The van der Waals surface area contributed by atoms with Gasteiger partial charge in [0.1, 0.15) is 4.70 Å². The molecule has 0 aliphatic carbocycles. The minimum Gasteiger partial charge on any atom is -0.335 e. The van der Waals surface area contributed by atoms with Crippen LogP contribution in [0.25, 0.3) is 27.4 Å². The molecule has 0 saturated heterocycles. The minimum absolute atomic E-state index is 0.309. The van der Waals surface area contributed by atoms with E-state index in [9.17, 15) is 13.0 Å². The highest BCUT2D eigenvalue weighted by atomic mass is 35.5. The molecule has 1 aliphatic heterocycles. The van der Waals surface area contributed by atoms with Crippen molar-refractivity contribution < 1.29 is 17.5 Å². The highest BCUT2D eigenvalue weighted by Crippen LogP contribution is 2.47. The first kappa shape index (κ1) is 28.9. The number of aryl methyl sites for hydroxylation is 1. The second-order valence-corrected chi connectivity index (χ2v) is 14.2. The Labute approximate surface area is 249 Å². The third kappa shape index (κ3) is 6.16. The van der Waals surface area contributed by atoms with Gasteiger partial charge in [0.2, 0.25) is 5.52 Å². The zero-order valence-corrected chi connectivity index (χ0v) is 25.9. The maximum absolute atomic E-state index is 11.8. The summed E-state index contributed by atoms with van der Waals surface area (Å²) in [7, 11) is -4.11. The molecule has 3 aromatic carbocycles. The molecular formula is C31H32ClN2O3S3+. The van der Waals surface area contributed by atoms with Gasteiger partial charge in [-0.05, 0) is 67.3 Å². The van der Waals surface area contributed by atoms with Crippen molar-refractivity contribution in [1.82, 2.24) is 0 Å². The van der Waals surface area contributed by atoms with E-state index in [1.807, 2.05) is 30.3 Å². The minimum atomic E-state index is -4.11. The van der Waals surface area contributed by atoms with Gasteiger partial charge in [0.15, 0.2) is 6.54 Å². The predicted octanol–water partition coefficient (Wildman–Crippen LogP) is 8.44. The maximum atomic E-state index is 11.8. The Balaban J connectivity index is 1.57. The number of nitrogens with zero attached hydrogens (tertiary/aromatic N) is 2. The maximum Gasteiger partial charge on any atom is 0.267 e. The number of thiazole rings is 1. The summed E-state index contributed by atoms with van der Waals surface area (Å²) in [5, 5.41) is 2.08. The van der Waals surface area contributed by atoms with Crippen LogP contribution in [0.3, 0.4) is 0 Å². The van der Waals surface area contributed by atoms with Crippen LogP contribution in [-0.2, 0) is 16.7 Å². The van der Waals surface area contributed by atoms with Crippen molar-refractivity contribution in [2.75, 3.05) is 11.4 Å². The fourth-order valence-corrected chi connectivity index (χ4v) is 7.68. The molecule has 1 unspecified atom stereocenters. The molecule has 0 radical (unpaired) electrons. The molecular weight excluding hydrogens is 580 g/mol. The van der Waals surface area contributed by atoms with Crippen molar-refractivity contribution in [2.45, 2.75) is 50.3 Å². The molecule has 1 aliphatic rings. The summed E-state index contributed by atoms with van der Waals surface area (Å²) in [4.78, 5) is 3.48. The van der Waals surface area contributed by atoms with E-state index >= 15 is 0 Å². The summed E-state index contributed by atoms with van der Waals surface area (Å²) in [5.41, 5.74) is 5.59. The number of hydrogen-bond donors (Lipinski definition) is 1. The lowest BCUT2D eigenvalue weighted by Crippen LogP contribution is -2.37. The standard InChI is InChI=1S/C31H31ClN2O3S3/c1-4-22(17-30-33(5-2)27-20-25(32)12-14-29(27)38-30)18-31-34(16-15-21(3)40(35,36)37)26-19-24(11-13-28(26)39-31)23-9-7-6-8-10-23/h6-14,17-21H,4-5,15-16H2,1-3H3/p+1. The number of fused-ring (bicyclic) bond motifs is 2. The molecule has 5 rings (SSSR count). The number of aromatic nitrogens is 1. The smallest absolute Gasteiger partial charge is 0.267 e. The Morgan fingerprint density at radius 3 is 2.55 bits per heavy atom. The zero-order chi connectivity index (χ0) is 28.4. The Kier molecular flexibility index (Phi) is 8.73.